The molecule has 4 aromatic carbocycles. The molecule has 0 aliphatic carbocycles. The van der Waals surface area contributed by atoms with Gasteiger partial charge in [-0.15, -0.1) is 68.1 Å². The van der Waals surface area contributed by atoms with Crippen LogP contribution in [-0.2, 0) is 18.0 Å². The maximum Gasteiger partial charge on any atom is -0.0308 e. The average Bonchev–Trinajstić information content (AvgIpc) is 3.48. The predicted octanol–water partition coefficient (Wildman–Crippen LogP) is 13.1. The summed E-state index contributed by atoms with van der Waals surface area (Å²) in [6.07, 6.45) is 5.29. The van der Waals surface area contributed by atoms with Crippen LogP contribution in [0.25, 0.3) is 21.5 Å². The van der Waals surface area contributed by atoms with Crippen LogP contribution in [0.15, 0.2) is 48.5 Å². The molecule has 0 aromatic heterocycles. The van der Waals surface area contributed by atoms with Gasteiger partial charge in [0.25, 0.3) is 0 Å². The van der Waals surface area contributed by atoms with E-state index in [-0.39, 0.29) is 5.43 Å². The van der Waals surface area contributed by atoms with Crippen molar-refractivity contribution >= 4 is 44.0 Å². The van der Waals surface area contributed by atoms with Crippen molar-refractivity contribution in [3.05, 3.63) is 81.9 Å². The molecule has 0 N–H and O–H groups in total. The van der Waals surface area contributed by atoms with Crippen LogP contribution in [0.4, 0.5) is 0 Å². The van der Waals surface area contributed by atoms with Crippen LogP contribution in [0.5, 0.6) is 0 Å². The van der Waals surface area contributed by atoms with Crippen molar-refractivity contribution in [2.45, 2.75) is 119 Å². The number of rotatable bonds is 8. The Morgan fingerprint density at radius 3 is 1.35 bits per heavy atom. The topological polar surface area (TPSA) is 0 Å². The zero-order valence-corrected chi connectivity index (χ0v) is 31.7. The maximum atomic E-state index is 6.12. The summed E-state index contributed by atoms with van der Waals surface area (Å²) in [4.78, 5) is 0. The fraction of sp³-hybridized carbons (Fsp3) is 0.500. The van der Waals surface area contributed by atoms with Gasteiger partial charge in [-0.25, -0.2) is 0 Å². The van der Waals surface area contributed by atoms with Gasteiger partial charge in [-0.1, -0.05) is 78.6 Å². The van der Waals surface area contributed by atoms with Crippen molar-refractivity contribution in [2.24, 2.45) is 0 Å². The Morgan fingerprint density at radius 1 is 0.675 bits per heavy atom. The molecule has 40 heavy (non-hydrogen) atoms. The van der Waals surface area contributed by atoms with E-state index >= 15 is 0 Å². The zero-order chi connectivity index (χ0) is 30.0. The van der Waals surface area contributed by atoms with E-state index in [0.29, 0.717) is 11.8 Å². The third kappa shape index (κ3) is 10.3. The first-order valence-electron chi connectivity index (χ1n) is 15.3. The second kappa shape index (κ2) is 17.5. The van der Waals surface area contributed by atoms with Crippen LogP contribution in [0.2, 0.25) is 12.1 Å². The van der Waals surface area contributed by atoms with Gasteiger partial charge in [0.15, 0.2) is 0 Å². The molecule has 0 spiro atoms. The van der Waals surface area contributed by atoms with Gasteiger partial charge in [0, 0.05) is 0 Å². The van der Waals surface area contributed by atoms with Crippen LogP contribution < -0.4 is 0 Å². The molecule has 0 atom stereocenters. The number of hydrogen-bond donors (Lipinski definition) is 0. The second-order valence-corrected chi connectivity index (χ2v) is 33.1. The summed E-state index contributed by atoms with van der Waals surface area (Å²) in [5.74, 6) is 1.22. The molecule has 0 aliphatic heterocycles. The molecule has 0 amide bonds. The van der Waals surface area contributed by atoms with Gasteiger partial charge in [0.2, 0.25) is 0 Å². The number of fused-ring (bicyclic) bond motifs is 2. The van der Waals surface area contributed by atoms with Gasteiger partial charge >= 0.3 is 92.1 Å². The second-order valence-electron chi connectivity index (χ2n) is 12.0. The number of halogens is 2. The molecule has 0 radical (unpaired) electrons. The molecule has 4 aromatic rings. The summed E-state index contributed by atoms with van der Waals surface area (Å²) in [5.41, 5.74) is 8.20. The SMILES string of the molecule is CCCC[Si](CCCC)=[Zr]([Cl])[Cl].Cc1cc2c(C(C)C)ccc(C)c2[cH-]1.Cc1cc2c(C(C)C)ccc(C)c2[cH-]1. The number of hydrogen-bond acceptors (Lipinski definition) is 0. The fourth-order valence-electron chi connectivity index (χ4n) is 5.33. The molecule has 4 heteroatoms. The third-order valence-corrected chi connectivity index (χ3v) is 27.3. The summed E-state index contributed by atoms with van der Waals surface area (Å²) in [5, 5.41) is 5.73. The molecular weight excluding hydrogens is 623 g/mol. The van der Waals surface area contributed by atoms with Gasteiger partial charge in [0.1, 0.15) is 0 Å². The average molecular weight is 675 g/mol. The van der Waals surface area contributed by atoms with Crippen LogP contribution in [0, 0.1) is 27.7 Å². The number of aryl methyl sites for hydroxylation is 4. The summed E-state index contributed by atoms with van der Waals surface area (Å²) >= 11 is -1.82. The van der Waals surface area contributed by atoms with E-state index in [1.165, 1.54) is 92.7 Å². The first-order valence-corrected chi connectivity index (χ1v) is 27.2. The van der Waals surface area contributed by atoms with Crippen molar-refractivity contribution < 1.29 is 18.0 Å². The standard InChI is InChI=1S/2C14H17.C8H18Si.2ClH.Zr/c2*1-9(2)12-6-5-11(4)13-7-10(3)8-14(12)13;1-3-5-7-9-8-6-4-2;;;/h2*5-9H,1-4H3;3-8H2,1-2H3;2*1H;/q2*-1;;;;+2/p-2. The molecular formula is C36H52Cl2SiZr-2. The molecule has 0 aliphatic rings. The number of unbranched alkanes of at least 4 members (excludes halogenated alkanes) is 2. The smallest absolute Gasteiger partial charge is 0.0308 e. The summed E-state index contributed by atoms with van der Waals surface area (Å²) in [6.45, 7) is 22.2. The van der Waals surface area contributed by atoms with Gasteiger partial charge in [-0.05, 0) is 11.8 Å². The molecule has 0 fully saturated rings. The fourth-order valence-corrected chi connectivity index (χ4v) is 19.6. The van der Waals surface area contributed by atoms with Crippen LogP contribution in [-0.4, -0.2) is 5.43 Å². The molecule has 220 valence electrons. The van der Waals surface area contributed by atoms with Gasteiger partial charge in [-0.3, -0.25) is 0 Å². The molecule has 0 heterocycles. The van der Waals surface area contributed by atoms with Gasteiger partial charge in [-0.2, -0.15) is 12.1 Å². The number of benzene rings is 2. The molecule has 0 saturated carbocycles. The van der Waals surface area contributed by atoms with Crippen molar-refractivity contribution in [3.63, 3.8) is 0 Å². The minimum atomic E-state index is -1.82. The summed E-state index contributed by atoms with van der Waals surface area (Å²) in [7, 11) is 12.2. The van der Waals surface area contributed by atoms with Crippen LogP contribution >= 0.6 is 17.0 Å². The van der Waals surface area contributed by atoms with E-state index in [1.807, 2.05) is 0 Å². The van der Waals surface area contributed by atoms with Crippen LogP contribution in [0.3, 0.4) is 0 Å². The van der Waals surface area contributed by atoms with E-state index in [4.69, 9.17) is 17.0 Å². The molecule has 0 bridgehead atoms. The normalized spacial score (nSPS) is 11.1. The van der Waals surface area contributed by atoms with Gasteiger partial charge in [0.05, 0.1) is 0 Å². The predicted molar refractivity (Wildman–Crippen MR) is 183 cm³/mol. The molecule has 4 rings (SSSR count). The van der Waals surface area contributed by atoms with E-state index < -0.39 is 18.0 Å². The Hall–Kier alpha value is -0.660. The Morgan fingerprint density at radius 2 is 1.05 bits per heavy atom. The van der Waals surface area contributed by atoms with E-state index in [2.05, 4.69) is 118 Å². The summed E-state index contributed by atoms with van der Waals surface area (Å²) in [6, 6.07) is 20.9. The monoisotopic (exact) mass is 672 g/mol. The zero-order valence-electron chi connectivity index (χ0n) is 26.8. The van der Waals surface area contributed by atoms with Crippen molar-refractivity contribution in [1.82, 2.24) is 0 Å². The molecule has 0 unspecified atom stereocenters. The molecule has 0 nitrogen and oxygen atoms in total. The Labute approximate surface area is 260 Å². The third-order valence-electron chi connectivity index (χ3n) is 7.74. The first-order chi connectivity index (χ1) is 18.9. The minimum absolute atomic E-state index is 0.259. The quantitative estimate of drug-likeness (QED) is 0.129. The first kappa shape index (κ1) is 35.5. The largest absolute Gasteiger partial charge is 0.165 e. The Kier molecular flexibility index (Phi) is 15.5. The van der Waals surface area contributed by atoms with E-state index in [1.54, 1.807) is 0 Å². The summed E-state index contributed by atoms with van der Waals surface area (Å²) < 4.78 is 0. The van der Waals surface area contributed by atoms with E-state index in [0.717, 1.165) is 0 Å². The van der Waals surface area contributed by atoms with Crippen molar-refractivity contribution in [2.75, 3.05) is 0 Å². The van der Waals surface area contributed by atoms with Crippen molar-refractivity contribution in [1.29, 1.82) is 0 Å². The van der Waals surface area contributed by atoms with Crippen molar-refractivity contribution in [3.8, 4) is 0 Å². The van der Waals surface area contributed by atoms with E-state index in [9.17, 15) is 0 Å². The minimum Gasteiger partial charge on any atom is -0.165 e. The maximum absolute atomic E-state index is 6.12. The molecule has 0 saturated heterocycles. The van der Waals surface area contributed by atoms with Gasteiger partial charge < -0.3 is 0 Å². The van der Waals surface area contributed by atoms with Crippen LogP contribution in [0.1, 0.15) is 112 Å². The Bertz CT molecular complexity index is 1280. The Balaban J connectivity index is 0.000000211.